The first-order valence-electron chi connectivity index (χ1n) is 10.5. The highest BCUT2D eigenvalue weighted by molar-refractivity contribution is 7.07. The number of esters is 1. The van der Waals surface area contributed by atoms with Crippen LogP contribution < -0.4 is 24.4 Å². The molecule has 1 atom stereocenters. The number of carbonyl (C=O) groups is 1. The van der Waals surface area contributed by atoms with Gasteiger partial charge in [0.1, 0.15) is 17.5 Å². The van der Waals surface area contributed by atoms with Gasteiger partial charge in [-0.2, -0.15) is 0 Å². The minimum atomic E-state index is -0.775. The van der Waals surface area contributed by atoms with Crippen LogP contribution >= 0.6 is 22.9 Å². The fraction of sp³-hybridized carbons (Fsp3) is 0.240. The average molecular weight is 499 g/mol. The number of rotatable bonds is 6. The average Bonchev–Trinajstić information content (AvgIpc) is 3.13. The largest absolute Gasteiger partial charge is 0.497 e. The first kappa shape index (κ1) is 23.8. The van der Waals surface area contributed by atoms with Crippen LogP contribution in [0.15, 0.2) is 63.5 Å². The molecule has 34 heavy (non-hydrogen) atoms. The maximum atomic E-state index is 13.6. The van der Waals surface area contributed by atoms with Gasteiger partial charge in [-0.3, -0.25) is 9.36 Å². The molecule has 1 aliphatic rings. The van der Waals surface area contributed by atoms with Crippen LogP contribution in [0.1, 0.15) is 31.0 Å². The van der Waals surface area contributed by atoms with Gasteiger partial charge in [0.05, 0.1) is 36.6 Å². The summed E-state index contributed by atoms with van der Waals surface area (Å²) in [4.78, 5) is 31.7. The van der Waals surface area contributed by atoms with E-state index in [0.717, 1.165) is 5.56 Å². The lowest BCUT2D eigenvalue weighted by atomic mass is 9.95. The summed E-state index contributed by atoms with van der Waals surface area (Å²) in [6.45, 7) is 3.67. The molecule has 0 saturated heterocycles. The normalized spacial score (nSPS) is 15.6. The molecule has 0 radical (unpaired) electrons. The third-order valence-corrected chi connectivity index (χ3v) is 6.65. The second-order valence-electron chi connectivity index (χ2n) is 7.46. The Hall–Kier alpha value is -3.36. The molecule has 7 nitrogen and oxygen atoms in total. The molecule has 0 saturated carbocycles. The standard InChI is InChI=1S/C25H23ClN2O5S/c1-5-33-24(30)21-14(2)27-25-28(22(21)18-11-10-17(31-3)13-19(18)32-4)23(29)20(34-25)12-15-6-8-16(26)9-7-15/h6-13,22H,5H2,1-4H3/b20-12-/t22-/m1/s1. The van der Waals surface area contributed by atoms with Crippen LogP contribution in [0.3, 0.4) is 0 Å². The summed E-state index contributed by atoms with van der Waals surface area (Å²) in [6, 6.07) is 11.7. The van der Waals surface area contributed by atoms with Crippen molar-refractivity contribution in [3.63, 3.8) is 0 Å². The summed E-state index contributed by atoms with van der Waals surface area (Å²) in [5.41, 5.74) is 1.96. The molecule has 1 aromatic heterocycles. The van der Waals surface area contributed by atoms with Gasteiger partial charge in [-0.05, 0) is 49.8 Å². The van der Waals surface area contributed by atoms with E-state index in [1.54, 1.807) is 57.4 Å². The van der Waals surface area contributed by atoms with Crippen molar-refractivity contribution in [1.82, 2.24) is 4.57 Å². The van der Waals surface area contributed by atoms with E-state index in [2.05, 4.69) is 4.99 Å². The van der Waals surface area contributed by atoms with Gasteiger partial charge in [-0.1, -0.05) is 35.1 Å². The second kappa shape index (κ2) is 9.87. The number of hydrogen-bond donors (Lipinski definition) is 0. The van der Waals surface area contributed by atoms with Crippen LogP contribution in [0.5, 0.6) is 11.5 Å². The van der Waals surface area contributed by atoms with Gasteiger partial charge in [-0.15, -0.1) is 0 Å². The molecule has 2 heterocycles. The number of halogens is 1. The van der Waals surface area contributed by atoms with Gasteiger partial charge in [0, 0.05) is 16.7 Å². The number of fused-ring (bicyclic) bond motifs is 1. The van der Waals surface area contributed by atoms with Crippen LogP contribution in [0.2, 0.25) is 5.02 Å². The van der Waals surface area contributed by atoms with Gasteiger partial charge in [-0.25, -0.2) is 9.79 Å². The highest BCUT2D eigenvalue weighted by atomic mass is 35.5. The first-order valence-corrected chi connectivity index (χ1v) is 11.7. The second-order valence-corrected chi connectivity index (χ2v) is 8.91. The zero-order valence-electron chi connectivity index (χ0n) is 19.1. The molecule has 3 aromatic rings. The minimum absolute atomic E-state index is 0.197. The Balaban J connectivity index is 1.99. The van der Waals surface area contributed by atoms with Gasteiger partial charge in [0.2, 0.25) is 0 Å². The van der Waals surface area contributed by atoms with Crippen molar-refractivity contribution >= 4 is 35.0 Å². The van der Waals surface area contributed by atoms with E-state index in [4.69, 9.17) is 25.8 Å². The van der Waals surface area contributed by atoms with Crippen LogP contribution in [-0.4, -0.2) is 31.4 Å². The summed E-state index contributed by atoms with van der Waals surface area (Å²) in [7, 11) is 3.09. The number of methoxy groups -OCH3 is 2. The smallest absolute Gasteiger partial charge is 0.338 e. The SMILES string of the molecule is CCOC(=O)C1=C(C)N=c2s/c(=C\c3ccc(Cl)cc3)c(=O)n2[C@@H]1c1ccc(OC)cc1OC. The topological polar surface area (TPSA) is 79.1 Å². The van der Waals surface area contributed by atoms with Gasteiger partial charge < -0.3 is 14.2 Å². The molecule has 2 aromatic carbocycles. The fourth-order valence-corrected chi connectivity index (χ4v) is 5.01. The van der Waals surface area contributed by atoms with Crippen molar-refractivity contribution in [3.05, 3.63) is 89.6 Å². The molecule has 0 amide bonds. The Morgan fingerprint density at radius 3 is 2.56 bits per heavy atom. The van der Waals surface area contributed by atoms with E-state index in [9.17, 15) is 9.59 Å². The number of allylic oxidation sites excluding steroid dienone is 1. The molecular weight excluding hydrogens is 476 g/mol. The van der Waals surface area contributed by atoms with Gasteiger partial charge in [0.25, 0.3) is 5.56 Å². The molecule has 4 rings (SSSR count). The lowest BCUT2D eigenvalue weighted by Gasteiger charge is -2.26. The molecule has 176 valence electrons. The predicted molar refractivity (Wildman–Crippen MR) is 131 cm³/mol. The Morgan fingerprint density at radius 1 is 1.18 bits per heavy atom. The molecule has 0 bridgehead atoms. The van der Waals surface area contributed by atoms with E-state index in [-0.39, 0.29) is 17.7 Å². The lowest BCUT2D eigenvalue weighted by molar-refractivity contribution is -0.139. The number of hydrogen-bond acceptors (Lipinski definition) is 7. The van der Waals surface area contributed by atoms with Crippen molar-refractivity contribution in [2.45, 2.75) is 19.9 Å². The van der Waals surface area contributed by atoms with Crippen LogP contribution in [-0.2, 0) is 9.53 Å². The summed E-state index contributed by atoms with van der Waals surface area (Å²) in [5.74, 6) is 0.542. The van der Waals surface area contributed by atoms with Crippen molar-refractivity contribution in [3.8, 4) is 11.5 Å². The van der Waals surface area contributed by atoms with Crippen molar-refractivity contribution in [2.24, 2.45) is 4.99 Å². The maximum Gasteiger partial charge on any atom is 0.338 e. The number of aromatic nitrogens is 1. The van der Waals surface area contributed by atoms with E-state index in [0.29, 0.717) is 37.1 Å². The van der Waals surface area contributed by atoms with Crippen molar-refractivity contribution in [2.75, 3.05) is 20.8 Å². The number of thiazole rings is 1. The molecule has 9 heteroatoms. The zero-order valence-corrected chi connectivity index (χ0v) is 20.7. The van der Waals surface area contributed by atoms with Gasteiger partial charge in [0.15, 0.2) is 4.80 Å². The molecule has 1 aliphatic heterocycles. The molecule has 0 fully saturated rings. The monoisotopic (exact) mass is 498 g/mol. The zero-order chi connectivity index (χ0) is 24.4. The van der Waals surface area contributed by atoms with E-state index < -0.39 is 12.0 Å². The Kier molecular flexibility index (Phi) is 6.90. The van der Waals surface area contributed by atoms with E-state index >= 15 is 0 Å². The minimum Gasteiger partial charge on any atom is -0.497 e. The lowest BCUT2D eigenvalue weighted by Crippen LogP contribution is -2.40. The van der Waals surface area contributed by atoms with Crippen LogP contribution in [0, 0.1) is 0 Å². The Morgan fingerprint density at radius 2 is 1.91 bits per heavy atom. The number of ether oxygens (including phenoxy) is 3. The van der Waals surface area contributed by atoms with Crippen molar-refractivity contribution in [1.29, 1.82) is 0 Å². The summed E-state index contributed by atoms with van der Waals surface area (Å²) in [6.07, 6.45) is 1.78. The van der Waals surface area contributed by atoms with E-state index in [1.165, 1.54) is 23.0 Å². The third kappa shape index (κ3) is 4.38. The molecule has 0 N–H and O–H groups in total. The van der Waals surface area contributed by atoms with E-state index in [1.807, 2.05) is 12.1 Å². The molecule has 0 spiro atoms. The summed E-state index contributed by atoms with van der Waals surface area (Å²) >= 11 is 7.25. The molecule has 0 aliphatic carbocycles. The first-order chi connectivity index (χ1) is 16.4. The Bertz CT molecular complexity index is 1450. The van der Waals surface area contributed by atoms with Crippen molar-refractivity contribution < 1.29 is 19.0 Å². The highest BCUT2D eigenvalue weighted by Crippen LogP contribution is 2.37. The Labute approximate surface area is 205 Å². The maximum absolute atomic E-state index is 13.6. The predicted octanol–water partition coefficient (Wildman–Crippen LogP) is 3.47. The third-order valence-electron chi connectivity index (χ3n) is 5.42. The molecule has 0 unspecified atom stereocenters. The summed E-state index contributed by atoms with van der Waals surface area (Å²) in [5, 5.41) is 0.611. The highest BCUT2D eigenvalue weighted by Gasteiger charge is 2.35. The van der Waals surface area contributed by atoms with Crippen LogP contribution in [0.25, 0.3) is 6.08 Å². The summed E-state index contributed by atoms with van der Waals surface area (Å²) < 4.78 is 18.3. The number of benzene rings is 2. The van der Waals surface area contributed by atoms with Gasteiger partial charge >= 0.3 is 5.97 Å². The fourth-order valence-electron chi connectivity index (χ4n) is 3.84. The quantitative estimate of drug-likeness (QED) is 0.486. The molecular formula is C25H23ClN2O5S. The number of carbonyl (C=O) groups excluding carboxylic acids is 1. The van der Waals surface area contributed by atoms with Crippen LogP contribution in [0.4, 0.5) is 0 Å². The number of nitrogens with zero attached hydrogens (tertiary/aromatic N) is 2.